The zero-order chi connectivity index (χ0) is 15.2. The van der Waals surface area contributed by atoms with E-state index in [0.717, 1.165) is 32.5 Å². The van der Waals surface area contributed by atoms with Gasteiger partial charge in [0.2, 0.25) is 5.91 Å². The second-order valence-corrected chi connectivity index (χ2v) is 5.86. The van der Waals surface area contributed by atoms with Crippen LogP contribution in [0.4, 0.5) is 10.1 Å². The maximum absolute atomic E-state index is 13.1. The maximum Gasteiger partial charge on any atom is 0.238 e. The van der Waals surface area contributed by atoms with Gasteiger partial charge in [0.1, 0.15) is 5.82 Å². The highest BCUT2D eigenvalue weighted by Gasteiger charge is 2.20. The number of nitrogens with zero attached hydrogens (tertiary/aromatic N) is 1. The van der Waals surface area contributed by atoms with Crippen molar-refractivity contribution in [3.63, 3.8) is 0 Å². The predicted molar refractivity (Wildman–Crippen MR) is 83.1 cm³/mol. The average Bonchev–Trinajstić information content (AvgIpc) is 2.45. The molecule has 1 aromatic rings. The highest BCUT2D eigenvalue weighted by molar-refractivity contribution is 6.31. The Balaban J connectivity index is 1.78. The van der Waals surface area contributed by atoms with E-state index in [1.807, 2.05) is 7.05 Å². The lowest BCUT2D eigenvalue weighted by atomic mass is 9.97. The van der Waals surface area contributed by atoms with Gasteiger partial charge in [-0.1, -0.05) is 11.6 Å². The summed E-state index contributed by atoms with van der Waals surface area (Å²) in [5.41, 5.74) is 0.525. The molecule has 0 saturated carbocycles. The Morgan fingerprint density at radius 1 is 1.43 bits per heavy atom. The van der Waals surface area contributed by atoms with E-state index < -0.39 is 5.82 Å². The lowest BCUT2D eigenvalue weighted by molar-refractivity contribution is -0.117. The Hall–Kier alpha value is -1.17. The first-order valence-corrected chi connectivity index (χ1v) is 7.58. The Labute approximate surface area is 129 Å². The van der Waals surface area contributed by atoms with E-state index in [1.165, 1.54) is 18.2 Å². The molecule has 1 heterocycles. The SMILES string of the molecule is CNCC1CCN(CC(=O)Nc2ccc(F)c(Cl)c2)CC1. The Morgan fingerprint density at radius 3 is 2.76 bits per heavy atom. The van der Waals surface area contributed by atoms with E-state index in [-0.39, 0.29) is 10.9 Å². The third kappa shape index (κ3) is 4.95. The minimum Gasteiger partial charge on any atom is -0.325 e. The molecule has 116 valence electrons. The number of halogens is 2. The number of hydrogen-bond acceptors (Lipinski definition) is 3. The van der Waals surface area contributed by atoms with Gasteiger partial charge in [0.05, 0.1) is 11.6 Å². The normalized spacial score (nSPS) is 16.9. The summed E-state index contributed by atoms with van der Waals surface area (Å²) in [6, 6.07) is 4.19. The van der Waals surface area contributed by atoms with Crippen molar-refractivity contribution < 1.29 is 9.18 Å². The molecule has 1 saturated heterocycles. The summed E-state index contributed by atoms with van der Waals surface area (Å²) < 4.78 is 13.1. The smallest absolute Gasteiger partial charge is 0.238 e. The van der Waals surface area contributed by atoms with Crippen LogP contribution in [-0.4, -0.2) is 44.0 Å². The molecule has 0 bridgehead atoms. The first kappa shape index (κ1) is 16.2. The van der Waals surface area contributed by atoms with Gasteiger partial charge in [-0.2, -0.15) is 0 Å². The van der Waals surface area contributed by atoms with E-state index in [0.29, 0.717) is 18.2 Å². The largest absolute Gasteiger partial charge is 0.325 e. The molecule has 1 amide bonds. The van der Waals surface area contributed by atoms with Crippen molar-refractivity contribution in [2.75, 3.05) is 38.5 Å². The molecule has 4 nitrogen and oxygen atoms in total. The van der Waals surface area contributed by atoms with E-state index >= 15 is 0 Å². The van der Waals surface area contributed by atoms with E-state index in [4.69, 9.17) is 11.6 Å². The van der Waals surface area contributed by atoms with Crippen LogP contribution in [0.25, 0.3) is 0 Å². The van der Waals surface area contributed by atoms with E-state index in [9.17, 15) is 9.18 Å². The number of piperidine rings is 1. The Bertz CT molecular complexity index is 490. The Kier molecular flexibility index (Phi) is 5.96. The molecule has 21 heavy (non-hydrogen) atoms. The van der Waals surface area contributed by atoms with E-state index in [2.05, 4.69) is 15.5 Å². The number of amides is 1. The van der Waals surface area contributed by atoms with Crippen molar-refractivity contribution in [3.05, 3.63) is 29.0 Å². The molecule has 0 radical (unpaired) electrons. The van der Waals surface area contributed by atoms with Crippen LogP contribution in [0, 0.1) is 11.7 Å². The summed E-state index contributed by atoms with van der Waals surface area (Å²) in [5, 5.41) is 5.96. The summed E-state index contributed by atoms with van der Waals surface area (Å²) in [5.74, 6) is 0.122. The number of anilines is 1. The zero-order valence-corrected chi connectivity index (χ0v) is 12.9. The van der Waals surface area contributed by atoms with Crippen LogP contribution in [-0.2, 0) is 4.79 Å². The average molecular weight is 314 g/mol. The molecule has 2 N–H and O–H groups in total. The fourth-order valence-corrected chi connectivity index (χ4v) is 2.80. The fourth-order valence-electron chi connectivity index (χ4n) is 2.61. The van der Waals surface area contributed by atoms with Gasteiger partial charge in [-0.15, -0.1) is 0 Å². The maximum atomic E-state index is 13.1. The molecule has 1 aromatic carbocycles. The molecule has 2 rings (SSSR count). The summed E-state index contributed by atoms with van der Waals surface area (Å²) in [6.07, 6.45) is 2.22. The van der Waals surface area contributed by atoms with Crippen molar-refractivity contribution in [2.24, 2.45) is 5.92 Å². The number of nitrogens with one attached hydrogen (secondary N) is 2. The molecule has 1 aliphatic heterocycles. The topological polar surface area (TPSA) is 44.4 Å². The molecule has 0 aliphatic carbocycles. The van der Waals surface area contributed by atoms with E-state index in [1.54, 1.807) is 0 Å². The van der Waals surface area contributed by atoms with Gasteiger partial charge in [0, 0.05) is 5.69 Å². The van der Waals surface area contributed by atoms with Crippen molar-refractivity contribution in [1.82, 2.24) is 10.2 Å². The first-order chi connectivity index (χ1) is 10.1. The van der Waals surface area contributed by atoms with Crippen LogP contribution in [0.3, 0.4) is 0 Å². The third-order valence-corrected chi connectivity index (χ3v) is 4.06. The van der Waals surface area contributed by atoms with Crippen molar-refractivity contribution >= 4 is 23.2 Å². The lowest BCUT2D eigenvalue weighted by Gasteiger charge is -2.31. The van der Waals surface area contributed by atoms with Gasteiger partial charge in [-0.05, 0) is 63.6 Å². The third-order valence-electron chi connectivity index (χ3n) is 3.77. The molecule has 0 atom stereocenters. The van der Waals surface area contributed by atoms with Gasteiger partial charge in [-0.25, -0.2) is 4.39 Å². The highest BCUT2D eigenvalue weighted by atomic mass is 35.5. The lowest BCUT2D eigenvalue weighted by Crippen LogP contribution is -2.40. The monoisotopic (exact) mass is 313 g/mol. The van der Waals surface area contributed by atoms with Crippen LogP contribution >= 0.6 is 11.6 Å². The van der Waals surface area contributed by atoms with Crippen molar-refractivity contribution in [1.29, 1.82) is 0 Å². The number of hydrogen-bond donors (Lipinski definition) is 2. The number of rotatable bonds is 5. The number of carbonyl (C=O) groups is 1. The fraction of sp³-hybridized carbons (Fsp3) is 0.533. The second-order valence-electron chi connectivity index (χ2n) is 5.45. The molecular weight excluding hydrogens is 293 g/mol. The van der Waals surface area contributed by atoms with Crippen LogP contribution in [0.1, 0.15) is 12.8 Å². The summed E-state index contributed by atoms with van der Waals surface area (Å²) >= 11 is 5.69. The standard InChI is InChI=1S/C15H21ClFN3O/c1-18-9-11-4-6-20(7-5-11)10-15(21)19-12-2-3-14(17)13(16)8-12/h2-3,8,11,18H,4-7,9-10H2,1H3,(H,19,21). The van der Waals surface area contributed by atoms with Crippen LogP contribution in [0.5, 0.6) is 0 Å². The van der Waals surface area contributed by atoms with Crippen LogP contribution in [0.2, 0.25) is 5.02 Å². The minimum atomic E-state index is -0.485. The van der Waals surface area contributed by atoms with Crippen LogP contribution in [0.15, 0.2) is 18.2 Å². The summed E-state index contributed by atoms with van der Waals surface area (Å²) in [6.45, 7) is 3.27. The predicted octanol–water partition coefficient (Wildman–Crippen LogP) is 2.35. The first-order valence-electron chi connectivity index (χ1n) is 7.20. The van der Waals surface area contributed by atoms with Gasteiger partial charge < -0.3 is 10.6 Å². The molecule has 1 aliphatic rings. The van der Waals surface area contributed by atoms with Crippen molar-refractivity contribution in [3.8, 4) is 0 Å². The highest BCUT2D eigenvalue weighted by Crippen LogP contribution is 2.20. The summed E-state index contributed by atoms with van der Waals surface area (Å²) in [7, 11) is 1.97. The zero-order valence-electron chi connectivity index (χ0n) is 12.2. The van der Waals surface area contributed by atoms with Gasteiger partial charge in [0.25, 0.3) is 0 Å². The number of benzene rings is 1. The molecule has 6 heteroatoms. The number of likely N-dealkylation sites (tertiary alicyclic amines) is 1. The molecule has 0 spiro atoms. The molecule has 1 fully saturated rings. The van der Waals surface area contributed by atoms with Gasteiger partial charge in [-0.3, -0.25) is 9.69 Å². The molecule has 0 aromatic heterocycles. The van der Waals surface area contributed by atoms with Crippen molar-refractivity contribution in [2.45, 2.75) is 12.8 Å². The number of carbonyl (C=O) groups excluding carboxylic acids is 1. The van der Waals surface area contributed by atoms with Crippen LogP contribution < -0.4 is 10.6 Å². The second kappa shape index (κ2) is 7.73. The minimum absolute atomic E-state index is 0.0145. The quantitative estimate of drug-likeness (QED) is 0.877. The molecular formula is C15H21ClFN3O. The van der Waals surface area contributed by atoms with Gasteiger partial charge >= 0.3 is 0 Å². The van der Waals surface area contributed by atoms with Gasteiger partial charge in [0.15, 0.2) is 0 Å². The molecule has 0 unspecified atom stereocenters. The summed E-state index contributed by atoms with van der Waals surface area (Å²) in [4.78, 5) is 14.1. The Morgan fingerprint density at radius 2 is 2.14 bits per heavy atom.